The number of primary amides is 1. The number of rotatable bonds is 9. The number of hydrogen-bond acceptors (Lipinski definition) is 5. The molecule has 0 bridgehead atoms. The van der Waals surface area contributed by atoms with Crippen LogP contribution in [0.3, 0.4) is 0 Å². The van der Waals surface area contributed by atoms with Crippen molar-refractivity contribution in [2.24, 2.45) is 11.7 Å². The molecule has 1 aromatic carbocycles. The zero-order valence-electron chi connectivity index (χ0n) is 17.8. The Balaban J connectivity index is 1.56. The fraction of sp³-hybridized carbons (Fsp3) is 0.455. The molecule has 2 heterocycles. The lowest BCUT2D eigenvalue weighted by Gasteiger charge is -2.12. The van der Waals surface area contributed by atoms with Crippen molar-refractivity contribution in [2.75, 3.05) is 0 Å². The molecule has 7 nitrogen and oxygen atoms in total. The van der Waals surface area contributed by atoms with Crippen LogP contribution in [0.25, 0.3) is 5.69 Å². The molecule has 2 aromatic heterocycles. The van der Waals surface area contributed by atoms with Crippen molar-refractivity contribution >= 4 is 17.7 Å². The molecule has 1 aliphatic carbocycles. The molecule has 0 radical (unpaired) electrons. The smallest absolute Gasteiger partial charge is 0.217 e. The normalized spacial score (nSPS) is 13.2. The summed E-state index contributed by atoms with van der Waals surface area (Å²) >= 11 is 1.61. The molecule has 0 saturated heterocycles. The summed E-state index contributed by atoms with van der Waals surface area (Å²) < 4.78 is 17.4. The topological polar surface area (TPSA) is 91.6 Å². The van der Waals surface area contributed by atoms with Gasteiger partial charge in [-0.1, -0.05) is 25.6 Å². The van der Waals surface area contributed by atoms with Crippen LogP contribution in [0.4, 0.5) is 4.39 Å². The highest BCUT2D eigenvalue weighted by atomic mass is 32.2. The third-order valence-corrected chi connectivity index (χ3v) is 6.34. The number of aryl methyl sites for hydroxylation is 1. The van der Waals surface area contributed by atoms with Crippen LogP contribution in [0.2, 0.25) is 0 Å². The van der Waals surface area contributed by atoms with Crippen LogP contribution in [-0.4, -0.2) is 30.5 Å². The fourth-order valence-electron chi connectivity index (χ4n) is 3.95. The van der Waals surface area contributed by atoms with Crippen molar-refractivity contribution in [3.8, 4) is 5.69 Å². The van der Waals surface area contributed by atoms with E-state index in [1.165, 1.54) is 23.4 Å². The minimum absolute atomic E-state index is 0.250. The molecule has 0 aliphatic heterocycles. The van der Waals surface area contributed by atoms with Crippen LogP contribution < -0.4 is 5.73 Å². The minimum atomic E-state index is -0.338. The van der Waals surface area contributed by atoms with Crippen molar-refractivity contribution < 1.29 is 9.18 Å². The number of thioether (sulfide) groups is 1. The maximum atomic E-state index is 13.3. The lowest BCUT2D eigenvalue weighted by atomic mass is 10.2. The van der Waals surface area contributed by atoms with Gasteiger partial charge < -0.3 is 10.3 Å². The summed E-state index contributed by atoms with van der Waals surface area (Å²) in [6, 6.07) is 6.47. The van der Waals surface area contributed by atoms with Gasteiger partial charge in [0.05, 0.1) is 11.4 Å². The maximum Gasteiger partial charge on any atom is 0.217 e. The van der Waals surface area contributed by atoms with Crippen molar-refractivity contribution in [3.63, 3.8) is 0 Å². The first-order valence-corrected chi connectivity index (χ1v) is 11.6. The molecule has 9 heteroatoms. The van der Waals surface area contributed by atoms with E-state index < -0.39 is 0 Å². The Labute approximate surface area is 185 Å². The summed E-state index contributed by atoms with van der Waals surface area (Å²) in [5.74, 6) is 1.31. The Morgan fingerprint density at radius 3 is 2.71 bits per heavy atom. The van der Waals surface area contributed by atoms with Crippen LogP contribution in [-0.2, 0) is 36.4 Å². The van der Waals surface area contributed by atoms with E-state index in [1.807, 2.05) is 4.68 Å². The molecule has 0 atom stereocenters. The number of nitrogens with two attached hydrogens (primary N) is 1. The van der Waals surface area contributed by atoms with E-state index in [0.29, 0.717) is 18.1 Å². The molecule has 3 aromatic rings. The Bertz CT molecular complexity index is 1070. The lowest BCUT2D eigenvalue weighted by molar-refractivity contribution is -0.118. The van der Waals surface area contributed by atoms with Crippen molar-refractivity contribution in [3.05, 3.63) is 52.9 Å². The van der Waals surface area contributed by atoms with Gasteiger partial charge in [0.2, 0.25) is 5.91 Å². The van der Waals surface area contributed by atoms with E-state index in [4.69, 9.17) is 10.8 Å². The summed E-state index contributed by atoms with van der Waals surface area (Å²) in [6.45, 7) is 5.07. The van der Waals surface area contributed by atoms with Gasteiger partial charge in [-0.3, -0.25) is 4.79 Å². The standard InChI is InChI=1S/C22H27FN6OS/c1-14(2)12-28-21(11-10-20(24)30)25-26-22(28)31-13-18-17-4-3-5-19(17)29(27-18)16-8-6-15(23)7-9-16/h6-9,14H,3-5,10-13H2,1-2H3,(H2,24,30). The summed E-state index contributed by atoms with van der Waals surface area (Å²) in [5, 5.41) is 14.4. The molecule has 4 rings (SSSR count). The van der Waals surface area contributed by atoms with Gasteiger partial charge in [-0.15, -0.1) is 10.2 Å². The Kier molecular flexibility index (Phi) is 6.41. The molecule has 1 amide bonds. The summed E-state index contributed by atoms with van der Waals surface area (Å²) in [5.41, 5.74) is 9.74. The zero-order valence-corrected chi connectivity index (χ0v) is 18.7. The predicted octanol–water partition coefficient (Wildman–Crippen LogP) is 3.46. The highest BCUT2D eigenvalue weighted by molar-refractivity contribution is 7.98. The highest BCUT2D eigenvalue weighted by Gasteiger charge is 2.24. The summed E-state index contributed by atoms with van der Waals surface area (Å²) in [7, 11) is 0. The van der Waals surface area contributed by atoms with Gasteiger partial charge in [-0.25, -0.2) is 9.07 Å². The monoisotopic (exact) mass is 442 g/mol. The average Bonchev–Trinajstić information content (AvgIpc) is 3.42. The van der Waals surface area contributed by atoms with Gasteiger partial charge in [0.25, 0.3) is 0 Å². The van der Waals surface area contributed by atoms with Gasteiger partial charge in [0.1, 0.15) is 11.6 Å². The van der Waals surface area contributed by atoms with Crippen LogP contribution in [0, 0.1) is 11.7 Å². The molecular weight excluding hydrogens is 415 g/mol. The van der Waals surface area contributed by atoms with Gasteiger partial charge in [0.15, 0.2) is 5.16 Å². The number of carbonyl (C=O) groups is 1. The van der Waals surface area contributed by atoms with Crippen LogP contribution in [0.1, 0.15) is 49.5 Å². The van der Waals surface area contributed by atoms with Crippen LogP contribution >= 0.6 is 11.8 Å². The van der Waals surface area contributed by atoms with Crippen molar-refractivity contribution in [2.45, 2.75) is 63.4 Å². The van der Waals surface area contributed by atoms with E-state index in [1.54, 1.807) is 23.9 Å². The number of carbonyl (C=O) groups excluding carboxylic acids is 1. The van der Waals surface area contributed by atoms with E-state index in [2.05, 4.69) is 28.6 Å². The van der Waals surface area contributed by atoms with Gasteiger partial charge in [0, 0.05) is 30.8 Å². The van der Waals surface area contributed by atoms with Gasteiger partial charge >= 0.3 is 0 Å². The first-order chi connectivity index (χ1) is 14.9. The molecule has 0 saturated carbocycles. The summed E-state index contributed by atoms with van der Waals surface area (Å²) in [4.78, 5) is 11.2. The second kappa shape index (κ2) is 9.21. The van der Waals surface area contributed by atoms with Crippen molar-refractivity contribution in [1.29, 1.82) is 0 Å². The third kappa shape index (κ3) is 4.81. The molecule has 31 heavy (non-hydrogen) atoms. The molecule has 0 unspecified atom stereocenters. The number of amides is 1. The van der Waals surface area contributed by atoms with Crippen LogP contribution in [0.5, 0.6) is 0 Å². The number of hydrogen-bond donors (Lipinski definition) is 1. The molecular formula is C22H27FN6OS. The summed E-state index contributed by atoms with van der Waals surface area (Å²) in [6.07, 6.45) is 3.84. The van der Waals surface area contributed by atoms with E-state index in [0.717, 1.165) is 48.2 Å². The lowest BCUT2D eigenvalue weighted by Crippen LogP contribution is -2.15. The van der Waals surface area contributed by atoms with E-state index in [-0.39, 0.29) is 18.1 Å². The average molecular weight is 443 g/mol. The molecule has 2 N–H and O–H groups in total. The van der Waals surface area contributed by atoms with Gasteiger partial charge in [-0.2, -0.15) is 5.10 Å². The van der Waals surface area contributed by atoms with Crippen molar-refractivity contribution in [1.82, 2.24) is 24.5 Å². The van der Waals surface area contributed by atoms with Gasteiger partial charge in [-0.05, 0) is 55.0 Å². The first-order valence-electron chi connectivity index (χ1n) is 10.6. The third-order valence-electron chi connectivity index (χ3n) is 5.36. The molecule has 1 aliphatic rings. The quantitative estimate of drug-likeness (QED) is 0.513. The number of benzene rings is 1. The first kappa shape index (κ1) is 21.5. The number of halogens is 1. The fourth-order valence-corrected chi connectivity index (χ4v) is 4.88. The van der Waals surface area contributed by atoms with E-state index in [9.17, 15) is 9.18 Å². The number of aromatic nitrogens is 5. The van der Waals surface area contributed by atoms with E-state index >= 15 is 0 Å². The number of fused-ring (bicyclic) bond motifs is 1. The molecule has 0 spiro atoms. The number of nitrogens with zero attached hydrogens (tertiary/aromatic N) is 5. The highest BCUT2D eigenvalue weighted by Crippen LogP contribution is 2.32. The predicted molar refractivity (Wildman–Crippen MR) is 117 cm³/mol. The zero-order chi connectivity index (χ0) is 22.0. The Hall–Kier alpha value is -2.68. The van der Waals surface area contributed by atoms with Crippen LogP contribution in [0.15, 0.2) is 29.4 Å². The Morgan fingerprint density at radius 2 is 2.00 bits per heavy atom. The Morgan fingerprint density at radius 1 is 1.23 bits per heavy atom. The minimum Gasteiger partial charge on any atom is -0.370 e. The SMILES string of the molecule is CC(C)Cn1c(CCC(N)=O)nnc1SCc1nn(-c2ccc(F)cc2)c2c1CCC2. The molecule has 164 valence electrons. The molecule has 0 fully saturated rings. The maximum absolute atomic E-state index is 13.3. The largest absolute Gasteiger partial charge is 0.370 e. The second-order valence-electron chi connectivity index (χ2n) is 8.27. The second-order valence-corrected chi connectivity index (χ2v) is 9.21.